The lowest BCUT2D eigenvalue weighted by Crippen LogP contribution is -2.56. The number of likely N-dealkylation sites (tertiary alicyclic amines) is 1. The SMILES string of the molecule is C=CCCCCOC(=O)[C@@H]1[C@H]2C(=O)N([C@H](CO)c3ccccc3)C(C(=O)N(CC=C)c3cc(C)ccc3C)C23CC[C@@]1(C)S3. The number of allylic oxidation sites excluding steroid dienone is 1. The Hall–Kier alpha value is -3.36. The molecule has 0 radical (unpaired) electrons. The van der Waals surface area contributed by atoms with Gasteiger partial charge in [0.1, 0.15) is 6.04 Å². The van der Waals surface area contributed by atoms with Gasteiger partial charge in [0.05, 0.1) is 35.8 Å². The predicted molar refractivity (Wildman–Crippen MR) is 175 cm³/mol. The second-order valence-corrected chi connectivity index (χ2v) is 14.5. The van der Waals surface area contributed by atoms with Gasteiger partial charge in [-0.05, 0) is 75.6 Å². The number of hydrogen-bond donors (Lipinski definition) is 1. The average Bonchev–Trinajstić information content (AvgIpc) is 3.58. The van der Waals surface area contributed by atoms with Crippen LogP contribution in [0.2, 0.25) is 0 Å². The third kappa shape index (κ3) is 5.40. The number of thioether (sulfide) groups is 1. The molecule has 3 aliphatic heterocycles. The summed E-state index contributed by atoms with van der Waals surface area (Å²) in [6, 6.07) is 13.7. The Bertz CT molecular complexity index is 1430. The van der Waals surface area contributed by atoms with Crippen molar-refractivity contribution in [3.63, 3.8) is 0 Å². The molecule has 3 saturated heterocycles. The molecule has 3 aliphatic rings. The smallest absolute Gasteiger partial charge is 0.311 e. The number of esters is 1. The van der Waals surface area contributed by atoms with Crippen LogP contribution in [-0.4, -0.2) is 63.1 Å². The van der Waals surface area contributed by atoms with E-state index in [-0.39, 0.29) is 37.5 Å². The lowest BCUT2D eigenvalue weighted by atomic mass is 9.66. The van der Waals surface area contributed by atoms with Crippen LogP contribution in [0.25, 0.3) is 0 Å². The van der Waals surface area contributed by atoms with Crippen LogP contribution in [-0.2, 0) is 19.1 Å². The number of nitrogens with zero attached hydrogens (tertiary/aromatic N) is 2. The molecule has 1 spiro atoms. The summed E-state index contributed by atoms with van der Waals surface area (Å²) < 4.78 is 4.44. The van der Waals surface area contributed by atoms with Gasteiger partial charge in [0.2, 0.25) is 5.91 Å². The lowest BCUT2D eigenvalue weighted by Gasteiger charge is -2.40. The van der Waals surface area contributed by atoms with Crippen LogP contribution in [0.15, 0.2) is 73.8 Å². The molecule has 5 rings (SSSR count). The topological polar surface area (TPSA) is 87.1 Å². The van der Waals surface area contributed by atoms with Gasteiger partial charge in [-0.1, -0.05) is 54.6 Å². The van der Waals surface area contributed by atoms with Crippen LogP contribution in [0.4, 0.5) is 5.69 Å². The molecule has 2 aromatic rings. The van der Waals surface area contributed by atoms with E-state index >= 15 is 4.79 Å². The third-order valence-corrected chi connectivity index (χ3v) is 11.7. The van der Waals surface area contributed by atoms with Crippen molar-refractivity contribution < 1.29 is 24.2 Å². The minimum absolute atomic E-state index is 0.223. The number of anilines is 1. The van der Waals surface area contributed by atoms with Gasteiger partial charge in [-0.2, -0.15) is 0 Å². The zero-order valence-corrected chi connectivity index (χ0v) is 26.9. The van der Waals surface area contributed by atoms with Gasteiger partial charge in [-0.3, -0.25) is 14.4 Å². The first-order valence-corrected chi connectivity index (χ1v) is 16.4. The van der Waals surface area contributed by atoms with Crippen LogP contribution >= 0.6 is 11.8 Å². The normalized spacial score (nSPS) is 27.6. The number of aliphatic hydroxyl groups is 1. The Balaban J connectivity index is 1.60. The highest BCUT2D eigenvalue weighted by Gasteiger charge is 2.78. The average molecular weight is 617 g/mol. The highest BCUT2D eigenvalue weighted by molar-refractivity contribution is 8.02. The Kier molecular flexibility index (Phi) is 9.42. The Morgan fingerprint density at radius 2 is 1.89 bits per heavy atom. The van der Waals surface area contributed by atoms with Gasteiger partial charge in [0.25, 0.3) is 5.91 Å². The quantitative estimate of drug-likeness (QED) is 0.170. The van der Waals surface area contributed by atoms with Gasteiger partial charge in [-0.25, -0.2) is 0 Å². The number of benzene rings is 2. The van der Waals surface area contributed by atoms with Crippen LogP contribution in [0.5, 0.6) is 0 Å². The molecule has 44 heavy (non-hydrogen) atoms. The van der Waals surface area contributed by atoms with E-state index in [0.29, 0.717) is 12.8 Å². The number of carbonyl (C=O) groups is 3. The van der Waals surface area contributed by atoms with Crippen molar-refractivity contribution in [3.05, 3.63) is 90.5 Å². The van der Waals surface area contributed by atoms with Crippen LogP contribution in [0.3, 0.4) is 0 Å². The number of hydrogen-bond acceptors (Lipinski definition) is 6. The molecule has 8 heteroatoms. The molecule has 3 heterocycles. The first-order valence-electron chi connectivity index (χ1n) is 15.6. The molecule has 2 amide bonds. The molecule has 0 aromatic heterocycles. The summed E-state index contributed by atoms with van der Waals surface area (Å²) in [5.74, 6) is -2.28. The standard InChI is InChI=1S/C36H44N2O5S/c1-6-8-9-13-21-43-34(42)30-29-32(40)38(28(23-39)26-14-11-10-12-15-26)31(36(29)19-18-35(30,5)44-36)33(41)37(20-7-2)27-22-24(3)16-17-25(27)4/h6-7,10-12,14-17,22,28-31,39H,1-2,8-9,13,18-21,23H2,3-5H3/t28-,29+,30+,31?,35-,36?/m1/s1. The van der Waals surface area contributed by atoms with Crippen molar-refractivity contribution in [2.24, 2.45) is 11.8 Å². The first-order chi connectivity index (χ1) is 21.1. The summed E-state index contributed by atoms with van der Waals surface area (Å²) in [7, 11) is 0. The van der Waals surface area contributed by atoms with E-state index in [1.165, 1.54) is 0 Å². The van der Waals surface area contributed by atoms with E-state index in [1.54, 1.807) is 27.6 Å². The van der Waals surface area contributed by atoms with Crippen molar-refractivity contribution in [3.8, 4) is 0 Å². The van der Waals surface area contributed by atoms with Gasteiger partial charge in [0.15, 0.2) is 0 Å². The Labute approximate surface area is 265 Å². The number of aryl methyl sites for hydroxylation is 2. The van der Waals surface area contributed by atoms with Gasteiger partial charge in [-0.15, -0.1) is 24.9 Å². The molecule has 2 aromatic carbocycles. The van der Waals surface area contributed by atoms with Gasteiger partial charge < -0.3 is 19.6 Å². The maximum absolute atomic E-state index is 15.1. The number of fused-ring (bicyclic) bond motifs is 1. The fraction of sp³-hybridized carbons (Fsp3) is 0.472. The molecule has 1 N–H and O–H groups in total. The van der Waals surface area contributed by atoms with E-state index in [0.717, 1.165) is 41.6 Å². The summed E-state index contributed by atoms with van der Waals surface area (Å²) in [5.41, 5.74) is 3.46. The molecule has 234 valence electrons. The Morgan fingerprint density at radius 3 is 2.57 bits per heavy atom. The summed E-state index contributed by atoms with van der Waals surface area (Å²) in [4.78, 5) is 46.9. The molecule has 2 unspecified atom stereocenters. The monoisotopic (exact) mass is 616 g/mol. The molecule has 6 atom stereocenters. The molecular weight excluding hydrogens is 572 g/mol. The van der Waals surface area contributed by atoms with Crippen molar-refractivity contribution >= 4 is 35.2 Å². The van der Waals surface area contributed by atoms with E-state index in [1.807, 2.05) is 75.4 Å². The lowest BCUT2D eigenvalue weighted by molar-refractivity contribution is -0.156. The molecular formula is C36H44N2O5S. The van der Waals surface area contributed by atoms with Crippen molar-refractivity contribution in [1.82, 2.24) is 4.90 Å². The minimum Gasteiger partial charge on any atom is -0.465 e. The van der Waals surface area contributed by atoms with Crippen LogP contribution in [0.1, 0.15) is 61.8 Å². The van der Waals surface area contributed by atoms with Crippen LogP contribution < -0.4 is 4.90 Å². The zero-order valence-electron chi connectivity index (χ0n) is 26.0. The number of aliphatic hydroxyl groups excluding tert-OH is 1. The summed E-state index contributed by atoms with van der Waals surface area (Å²) in [6.07, 6.45) is 7.29. The number of carbonyl (C=O) groups excluding carboxylic acids is 3. The molecule has 0 aliphatic carbocycles. The number of amides is 2. The van der Waals surface area contributed by atoms with Gasteiger partial charge in [0, 0.05) is 17.0 Å². The highest BCUT2D eigenvalue weighted by atomic mass is 32.2. The zero-order chi connectivity index (χ0) is 31.6. The summed E-state index contributed by atoms with van der Waals surface area (Å²) in [6.45, 7) is 13.9. The molecule has 7 nitrogen and oxygen atoms in total. The predicted octanol–water partition coefficient (Wildman–Crippen LogP) is 5.94. The fourth-order valence-electron chi connectivity index (χ4n) is 7.61. The molecule has 0 saturated carbocycles. The van der Waals surface area contributed by atoms with E-state index in [9.17, 15) is 14.7 Å². The second kappa shape index (κ2) is 12.9. The van der Waals surface area contributed by atoms with Crippen LogP contribution in [0, 0.1) is 25.7 Å². The largest absolute Gasteiger partial charge is 0.465 e. The summed E-state index contributed by atoms with van der Waals surface area (Å²) in [5, 5.41) is 10.8. The van der Waals surface area contributed by atoms with E-state index < -0.39 is 33.4 Å². The maximum Gasteiger partial charge on any atom is 0.311 e. The molecule has 2 bridgehead atoms. The fourth-order valence-corrected chi connectivity index (χ4v) is 9.94. The first kappa shape index (κ1) is 32.0. The van der Waals surface area contributed by atoms with Crippen molar-refractivity contribution in [2.45, 2.75) is 74.5 Å². The highest BCUT2D eigenvalue weighted by Crippen LogP contribution is 2.72. The van der Waals surface area contributed by atoms with Gasteiger partial charge >= 0.3 is 5.97 Å². The summed E-state index contributed by atoms with van der Waals surface area (Å²) >= 11 is 1.61. The minimum atomic E-state index is -0.894. The maximum atomic E-state index is 15.1. The Morgan fingerprint density at radius 1 is 1.14 bits per heavy atom. The third-order valence-electron chi connectivity index (χ3n) is 9.68. The van der Waals surface area contributed by atoms with Crippen molar-refractivity contribution in [1.29, 1.82) is 0 Å². The van der Waals surface area contributed by atoms with E-state index in [2.05, 4.69) is 13.2 Å². The van der Waals surface area contributed by atoms with E-state index in [4.69, 9.17) is 4.74 Å². The molecule has 3 fully saturated rings. The second-order valence-electron chi connectivity index (χ2n) is 12.6. The number of unbranched alkanes of at least 4 members (excludes halogenated alkanes) is 2. The van der Waals surface area contributed by atoms with Crippen molar-refractivity contribution in [2.75, 3.05) is 24.7 Å². The number of ether oxygens (including phenoxy) is 1. The number of rotatable bonds is 13.